The molecule has 1 fully saturated rings. The van der Waals surface area contributed by atoms with E-state index in [0.717, 1.165) is 48.8 Å². The molecule has 0 saturated carbocycles. The highest BCUT2D eigenvalue weighted by molar-refractivity contribution is 6.30. The van der Waals surface area contributed by atoms with Crippen molar-refractivity contribution in [3.8, 4) is 5.75 Å². The van der Waals surface area contributed by atoms with E-state index in [4.69, 9.17) is 16.3 Å². The van der Waals surface area contributed by atoms with Gasteiger partial charge in [0.05, 0.1) is 13.2 Å². The highest BCUT2D eigenvalue weighted by atomic mass is 35.5. The van der Waals surface area contributed by atoms with Crippen LogP contribution < -0.4 is 10.1 Å². The zero-order valence-corrected chi connectivity index (χ0v) is 16.7. The van der Waals surface area contributed by atoms with Crippen LogP contribution in [0, 0.1) is 5.92 Å². The molecule has 2 aromatic carbocycles. The normalized spacial score (nSPS) is 16.7. The number of nitrogens with one attached hydrogen (secondary N) is 1. The van der Waals surface area contributed by atoms with Crippen LogP contribution in [-0.2, 0) is 11.3 Å². The fourth-order valence-corrected chi connectivity index (χ4v) is 3.89. The Kier molecular flexibility index (Phi) is 6.75. The van der Waals surface area contributed by atoms with E-state index in [-0.39, 0.29) is 17.9 Å². The van der Waals surface area contributed by atoms with Crippen LogP contribution in [0.15, 0.2) is 48.5 Å². The van der Waals surface area contributed by atoms with Crippen molar-refractivity contribution in [3.05, 3.63) is 64.7 Å². The van der Waals surface area contributed by atoms with Gasteiger partial charge in [-0.3, -0.25) is 9.69 Å². The molecule has 0 spiro atoms. The molecule has 3 rings (SSSR count). The molecule has 0 aliphatic carbocycles. The molecule has 5 heteroatoms. The van der Waals surface area contributed by atoms with E-state index in [1.165, 1.54) is 5.56 Å². The van der Waals surface area contributed by atoms with Crippen molar-refractivity contribution in [2.75, 3.05) is 20.2 Å². The van der Waals surface area contributed by atoms with Gasteiger partial charge in [-0.1, -0.05) is 41.9 Å². The minimum Gasteiger partial charge on any atom is -0.496 e. The van der Waals surface area contributed by atoms with Crippen LogP contribution in [-0.4, -0.2) is 31.0 Å². The molecule has 2 aromatic rings. The Morgan fingerprint density at radius 3 is 2.67 bits per heavy atom. The Morgan fingerprint density at radius 1 is 1.22 bits per heavy atom. The molecular weight excluding hydrogens is 360 g/mol. The van der Waals surface area contributed by atoms with Crippen molar-refractivity contribution in [1.82, 2.24) is 10.2 Å². The fourth-order valence-electron chi connectivity index (χ4n) is 3.68. The Morgan fingerprint density at radius 2 is 1.96 bits per heavy atom. The topological polar surface area (TPSA) is 41.6 Å². The predicted molar refractivity (Wildman–Crippen MR) is 109 cm³/mol. The van der Waals surface area contributed by atoms with Gasteiger partial charge in [0.15, 0.2) is 0 Å². The van der Waals surface area contributed by atoms with Gasteiger partial charge in [0.1, 0.15) is 5.75 Å². The molecule has 1 aliphatic heterocycles. The average Bonchev–Trinajstić information content (AvgIpc) is 2.68. The number of hydrogen-bond acceptors (Lipinski definition) is 3. The lowest BCUT2D eigenvalue weighted by Crippen LogP contribution is -2.40. The number of para-hydroxylation sites is 1. The summed E-state index contributed by atoms with van der Waals surface area (Å²) in [6.07, 6.45) is 1.76. The molecule has 1 N–H and O–H groups in total. The van der Waals surface area contributed by atoms with Crippen LogP contribution in [0.25, 0.3) is 0 Å². The second-order valence-corrected chi connectivity index (χ2v) is 7.59. The maximum absolute atomic E-state index is 12.7. The molecule has 1 saturated heterocycles. The first-order valence-electron chi connectivity index (χ1n) is 9.47. The monoisotopic (exact) mass is 386 g/mol. The molecule has 0 unspecified atom stereocenters. The summed E-state index contributed by atoms with van der Waals surface area (Å²) in [6, 6.07) is 15.7. The summed E-state index contributed by atoms with van der Waals surface area (Å²) in [6.45, 7) is 4.73. The Labute approximate surface area is 166 Å². The lowest BCUT2D eigenvalue weighted by molar-refractivity contribution is -0.127. The second-order valence-electron chi connectivity index (χ2n) is 7.15. The van der Waals surface area contributed by atoms with Crippen molar-refractivity contribution in [2.24, 2.45) is 5.92 Å². The summed E-state index contributed by atoms with van der Waals surface area (Å²) in [5.41, 5.74) is 2.22. The lowest BCUT2D eigenvalue weighted by Gasteiger charge is -2.32. The third-order valence-electron chi connectivity index (χ3n) is 5.22. The maximum Gasteiger partial charge on any atom is 0.223 e. The van der Waals surface area contributed by atoms with E-state index in [1.807, 2.05) is 49.4 Å². The third kappa shape index (κ3) is 5.24. The number of rotatable bonds is 6. The van der Waals surface area contributed by atoms with Crippen molar-refractivity contribution < 1.29 is 9.53 Å². The van der Waals surface area contributed by atoms with Crippen LogP contribution in [0.1, 0.15) is 36.9 Å². The van der Waals surface area contributed by atoms with Gasteiger partial charge in [0.25, 0.3) is 0 Å². The zero-order chi connectivity index (χ0) is 19.2. The number of halogens is 1. The fraction of sp³-hybridized carbons (Fsp3) is 0.409. The van der Waals surface area contributed by atoms with E-state index in [2.05, 4.69) is 16.3 Å². The molecule has 0 aromatic heterocycles. The van der Waals surface area contributed by atoms with Crippen LogP contribution in [0.3, 0.4) is 0 Å². The van der Waals surface area contributed by atoms with Crippen molar-refractivity contribution in [3.63, 3.8) is 0 Å². The average molecular weight is 387 g/mol. The summed E-state index contributed by atoms with van der Waals surface area (Å²) in [4.78, 5) is 15.1. The van der Waals surface area contributed by atoms with Gasteiger partial charge < -0.3 is 10.1 Å². The van der Waals surface area contributed by atoms with Crippen molar-refractivity contribution in [2.45, 2.75) is 32.4 Å². The van der Waals surface area contributed by atoms with E-state index in [9.17, 15) is 4.79 Å². The van der Waals surface area contributed by atoms with E-state index in [0.29, 0.717) is 0 Å². The molecule has 4 nitrogen and oxygen atoms in total. The van der Waals surface area contributed by atoms with Crippen LogP contribution in [0.4, 0.5) is 0 Å². The molecule has 1 heterocycles. The Balaban J connectivity index is 1.51. The molecule has 1 aliphatic rings. The second kappa shape index (κ2) is 9.25. The first-order chi connectivity index (χ1) is 13.1. The minimum absolute atomic E-state index is 0.0674. The van der Waals surface area contributed by atoms with Gasteiger partial charge in [0, 0.05) is 23.0 Å². The maximum atomic E-state index is 12.7. The largest absolute Gasteiger partial charge is 0.496 e. The summed E-state index contributed by atoms with van der Waals surface area (Å²) < 4.78 is 5.41. The van der Waals surface area contributed by atoms with E-state index >= 15 is 0 Å². The van der Waals surface area contributed by atoms with Gasteiger partial charge in [-0.2, -0.15) is 0 Å². The summed E-state index contributed by atoms with van der Waals surface area (Å²) in [5, 5.41) is 3.93. The number of nitrogens with zero attached hydrogens (tertiary/aromatic N) is 1. The standard InChI is InChI=1S/C22H27ClN2O2/c1-16(20-8-3-4-9-21(20)27-2)24-22(26)18-10-12-25(13-11-18)15-17-6-5-7-19(23)14-17/h3-9,14,16,18H,10-13,15H2,1-2H3,(H,24,26)/t16-/m0/s1. The smallest absolute Gasteiger partial charge is 0.223 e. The van der Waals surface area contributed by atoms with Gasteiger partial charge in [-0.05, 0) is 56.6 Å². The number of carbonyl (C=O) groups excluding carboxylic acids is 1. The first-order valence-corrected chi connectivity index (χ1v) is 9.84. The Hall–Kier alpha value is -2.04. The SMILES string of the molecule is COc1ccccc1[C@H](C)NC(=O)C1CCN(Cc2cccc(Cl)c2)CC1. The number of ether oxygens (including phenoxy) is 1. The third-order valence-corrected chi connectivity index (χ3v) is 5.45. The summed E-state index contributed by atoms with van der Waals surface area (Å²) in [5.74, 6) is 1.01. The van der Waals surface area contributed by atoms with Gasteiger partial charge in [-0.15, -0.1) is 0 Å². The molecule has 144 valence electrons. The van der Waals surface area contributed by atoms with Crippen molar-refractivity contribution >= 4 is 17.5 Å². The summed E-state index contributed by atoms with van der Waals surface area (Å²) in [7, 11) is 1.66. The number of hydrogen-bond donors (Lipinski definition) is 1. The van der Waals surface area contributed by atoms with Crippen LogP contribution in [0.5, 0.6) is 5.75 Å². The quantitative estimate of drug-likeness (QED) is 0.798. The first kappa shape index (κ1) is 19.7. The summed E-state index contributed by atoms with van der Waals surface area (Å²) >= 11 is 6.07. The highest BCUT2D eigenvalue weighted by Gasteiger charge is 2.26. The number of carbonyl (C=O) groups is 1. The number of benzene rings is 2. The highest BCUT2D eigenvalue weighted by Crippen LogP contribution is 2.26. The number of piperidine rings is 1. The van der Waals surface area contributed by atoms with Gasteiger partial charge in [0.2, 0.25) is 5.91 Å². The van der Waals surface area contributed by atoms with Gasteiger partial charge >= 0.3 is 0 Å². The van der Waals surface area contributed by atoms with Crippen molar-refractivity contribution in [1.29, 1.82) is 0 Å². The molecule has 1 atom stereocenters. The Bertz CT molecular complexity index is 772. The molecule has 1 amide bonds. The molecule has 0 radical (unpaired) electrons. The van der Waals surface area contributed by atoms with Gasteiger partial charge in [-0.25, -0.2) is 0 Å². The number of methoxy groups -OCH3 is 1. The minimum atomic E-state index is -0.0712. The molecule has 27 heavy (non-hydrogen) atoms. The lowest BCUT2D eigenvalue weighted by atomic mass is 9.94. The van der Waals surface area contributed by atoms with Crippen LogP contribution >= 0.6 is 11.6 Å². The molecular formula is C22H27ClN2O2. The number of amides is 1. The number of likely N-dealkylation sites (tertiary alicyclic amines) is 1. The molecule has 0 bridgehead atoms. The van der Waals surface area contributed by atoms with E-state index in [1.54, 1.807) is 7.11 Å². The zero-order valence-electron chi connectivity index (χ0n) is 16.0. The van der Waals surface area contributed by atoms with Crippen LogP contribution in [0.2, 0.25) is 5.02 Å². The van der Waals surface area contributed by atoms with E-state index < -0.39 is 0 Å². The predicted octanol–water partition coefficient (Wildman–Crippen LogP) is 4.44.